The van der Waals surface area contributed by atoms with Crippen LogP contribution in [0.2, 0.25) is 0 Å². The molecule has 7 nitrogen and oxygen atoms in total. The van der Waals surface area contributed by atoms with Crippen LogP contribution in [0.15, 0.2) is 66.0 Å². The molecule has 3 rings (SSSR count). The van der Waals surface area contributed by atoms with Crippen molar-refractivity contribution in [3.05, 3.63) is 76.5 Å². The number of amides is 2. The molecule has 0 unspecified atom stereocenters. The molecule has 0 aliphatic rings. The van der Waals surface area contributed by atoms with Gasteiger partial charge in [-0.2, -0.15) is 0 Å². The molecule has 0 bridgehead atoms. The summed E-state index contributed by atoms with van der Waals surface area (Å²) in [6.45, 7) is -0.375. The summed E-state index contributed by atoms with van der Waals surface area (Å²) in [5, 5.41) is 7.28. The minimum absolute atomic E-state index is 0.140. The number of para-hydroxylation sites is 2. The molecule has 2 aromatic carbocycles. The molecule has 30 heavy (non-hydrogen) atoms. The van der Waals surface area contributed by atoms with Gasteiger partial charge in [-0.05, 0) is 47.8 Å². The molecule has 3 aromatic rings. The highest BCUT2D eigenvalue weighted by atomic mass is 32.1. The third-order valence-corrected chi connectivity index (χ3v) is 4.93. The quantitative estimate of drug-likeness (QED) is 0.538. The summed E-state index contributed by atoms with van der Waals surface area (Å²) in [7, 11) is 1.53. The maximum Gasteiger partial charge on any atom is 0.311 e. The van der Waals surface area contributed by atoms with Gasteiger partial charge in [-0.3, -0.25) is 14.4 Å². The van der Waals surface area contributed by atoms with E-state index in [0.717, 1.165) is 4.88 Å². The van der Waals surface area contributed by atoms with E-state index in [1.54, 1.807) is 42.5 Å². The van der Waals surface area contributed by atoms with E-state index < -0.39 is 11.9 Å². The Morgan fingerprint density at radius 3 is 2.40 bits per heavy atom. The molecule has 0 atom stereocenters. The van der Waals surface area contributed by atoms with E-state index in [9.17, 15) is 14.4 Å². The molecule has 0 aliphatic heterocycles. The van der Waals surface area contributed by atoms with E-state index in [0.29, 0.717) is 22.7 Å². The Labute approximate surface area is 177 Å². The van der Waals surface area contributed by atoms with Crippen LogP contribution in [-0.4, -0.2) is 31.5 Å². The SMILES string of the molecule is COc1ccccc1NC(=O)c1ccc(NC(=O)COC(=O)Cc2cccs2)cc1. The molecule has 2 N–H and O–H groups in total. The fourth-order valence-electron chi connectivity index (χ4n) is 2.60. The van der Waals surface area contributed by atoms with Gasteiger partial charge in [0.15, 0.2) is 6.61 Å². The van der Waals surface area contributed by atoms with Crippen LogP contribution in [0, 0.1) is 0 Å². The maximum absolute atomic E-state index is 12.4. The van der Waals surface area contributed by atoms with Crippen molar-refractivity contribution in [2.45, 2.75) is 6.42 Å². The van der Waals surface area contributed by atoms with Gasteiger partial charge in [0.25, 0.3) is 11.8 Å². The van der Waals surface area contributed by atoms with E-state index in [1.807, 2.05) is 23.6 Å². The van der Waals surface area contributed by atoms with Gasteiger partial charge in [-0.25, -0.2) is 0 Å². The lowest BCUT2D eigenvalue weighted by Gasteiger charge is -2.10. The van der Waals surface area contributed by atoms with E-state index in [-0.39, 0.29) is 18.9 Å². The summed E-state index contributed by atoms with van der Waals surface area (Å²) in [4.78, 5) is 37.0. The summed E-state index contributed by atoms with van der Waals surface area (Å²) in [6, 6.07) is 17.1. The summed E-state index contributed by atoms with van der Waals surface area (Å²) in [5.74, 6) is -0.667. The number of rotatable bonds is 8. The fourth-order valence-corrected chi connectivity index (χ4v) is 3.29. The van der Waals surface area contributed by atoms with Gasteiger partial charge in [-0.15, -0.1) is 11.3 Å². The van der Waals surface area contributed by atoms with E-state index in [2.05, 4.69) is 10.6 Å². The first-order valence-corrected chi connectivity index (χ1v) is 9.95. The lowest BCUT2D eigenvalue weighted by Crippen LogP contribution is -2.21. The van der Waals surface area contributed by atoms with Crippen molar-refractivity contribution in [1.29, 1.82) is 0 Å². The van der Waals surface area contributed by atoms with Crippen molar-refractivity contribution in [3.63, 3.8) is 0 Å². The maximum atomic E-state index is 12.4. The second-order valence-electron chi connectivity index (χ2n) is 6.20. The normalized spacial score (nSPS) is 10.2. The van der Waals surface area contributed by atoms with Crippen LogP contribution in [0.5, 0.6) is 5.75 Å². The summed E-state index contributed by atoms with van der Waals surface area (Å²) in [6.07, 6.45) is 0.140. The Balaban J connectivity index is 1.49. The Bertz CT molecular complexity index is 1020. The van der Waals surface area contributed by atoms with Gasteiger partial charge in [0.1, 0.15) is 5.75 Å². The highest BCUT2D eigenvalue weighted by molar-refractivity contribution is 7.10. The Morgan fingerprint density at radius 1 is 0.933 bits per heavy atom. The van der Waals surface area contributed by atoms with E-state index in [1.165, 1.54) is 18.4 Å². The molecule has 0 fully saturated rings. The molecule has 8 heteroatoms. The molecular formula is C22H20N2O5S. The Morgan fingerprint density at radius 2 is 1.70 bits per heavy atom. The second kappa shape index (κ2) is 10.2. The van der Waals surface area contributed by atoms with Crippen molar-refractivity contribution < 1.29 is 23.9 Å². The van der Waals surface area contributed by atoms with Crippen LogP contribution in [0.4, 0.5) is 11.4 Å². The summed E-state index contributed by atoms with van der Waals surface area (Å²) >= 11 is 1.45. The first-order chi connectivity index (χ1) is 14.5. The van der Waals surface area contributed by atoms with Crippen LogP contribution >= 0.6 is 11.3 Å². The summed E-state index contributed by atoms with van der Waals surface area (Å²) < 4.78 is 10.2. The van der Waals surface area contributed by atoms with Crippen molar-refractivity contribution in [2.24, 2.45) is 0 Å². The zero-order valence-corrected chi connectivity index (χ0v) is 17.0. The number of carbonyl (C=O) groups is 3. The first-order valence-electron chi connectivity index (χ1n) is 9.07. The number of hydrogen-bond acceptors (Lipinski definition) is 6. The van der Waals surface area contributed by atoms with Crippen molar-refractivity contribution in [2.75, 3.05) is 24.4 Å². The molecule has 2 amide bonds. The van der Waals surface area contributed by atoms with Crippen LogP contribution in [-0.2, 0) is 20.7 Å². The van der Waals surface area contributed by atoms with Gasteiger partial charge in [0, 0.05) is 16.1 Å². The lowest BCUT2D eigenvalue weighted by atomic mass is 10.2. The molecule has 0 saturated heterocycles. The number of esters is 1. The fraction of sp³-hybridized carbons (Fsp3) is 0.136. The highest BCUT2D eigenvalue weighted by Crippen LogP contribution is 2.23. The number of methoxy groups -OCH3 is 1. The second-order valence-corrected chi connectivity index (χ2v) is 7.23. The predicted octanol–water partition coefficient (Wildman–Crippen LogP) is 3.73. The Hall–Kier alpha value is -3.65. The zero-order valence-electron chi connectivity index (χ0n) is 16.2. The van der Waals surface area contributed by atoms with Crippen LogP contribution in [0.3, 0.4) is 0 Å². The van der Waals surface area contributed by atoms with E-state index >= 15 is 0 Å². The number of hydrogen-bond donors (Lipinski definition) is 2. The van der Waals surface area contributed by atoms with Gasteiger partial charge < -0.3 is 20.1 Å². The Kier molecular flexibility index (Phi) is 7.18. The molecule has 0 spiro atoms. The third-order valence-electron chi connectivity index (χ3n) is 4.05. The highest BCUT2D eigenvalue weighted by Gasteiger charge is 2.11. The molecule has 0 aliphatic carbocycles. The minimum atomic E-state index is -0.462. The summed E-state index contributed by atoms with van der Waals surface area (Å²) in [5.41, 5.74) is 1.47. The van der Waals surface area contributed by atoms with Crippen LogP contribution in [0.25, 0.3) is 0 Å². The minimum Gasteiger partial charge on any atom is -0.495 e. The van der Waals surface area contributed by atoms with Crippen molar-refractivity contribution in [1.82, 2.24) is 0 Å². The molecule has 1 aromatic heterocycles. The number of nitrogens with one attached hydrogen (secondary N) is 2. The molecule has 0 radical (unpaired) electrons. The van der Waals surface area contributed by atoms with Gasteiger partial charge in [-0.1, -0.05) is 18.2 Å². The van der Waals surface area contributed by atoms with Crippen LogP contribution in [0.1, 0.15) is 15.2 Å². The number of carbonyl (C=O) groups excluding carboxylic acids is 3. The zero-order chi connectivity index (χ0) is 21.3. The van der Waals surface area contributed by atoms with Crippen molar-refractivity contribution in [3.8, 4) is 5.75 Å². The lowest BCUT2D eigenvalue weighted by molar-refractivity contribution is -0.146. The van der Waals surface area contributed by atoms with Crippen LogP contribution < -0.4 is 15.4 Å². The average molecular weight is 424 g/mol. The smallest absolute Gasteiger partial charge is 0.311 e. The molecule has 0 saturated carbocycles. The average Bonchev–Trinajstić information content (AvgIpc) is 3.26. The third kappa shape index (κ3) is 5.92. The largest absolute Gasteiger partial charge is 0.495 e. The van der Waals surface area contributed by atoms with Gasteiger partial charge in [0.2, 0.25) is 0 Å². The van der Waals surface area contributed by atoms with E-state index in [4.69, 9.17) is 9.47 Å². The number of ether oxygens (including phenoxy) is 2. The topological polar surface area (TPSA) is 93.7 Å². The molecule has 154 valence electrons. The standard InChI is InChI=1S/C22H20N2O5S/c1-28-19-7-3-2-6-18(19)24-22(27)15-8-10-16(11-9-15)23-20(25)14-29-21(26)13-17-5-4-12-30-17/h2-12H,13-14H2,1H3,(H,23,25)(H,24,27). The van der Waals surface area contributed by atoms with Crippen molar-refractivity contribution >= 4 is 40.5 Å². The molecule has 1 heterocycles. The number of thiophene rings is 1. The number of anilines is 2. The monoisotopic (exact) mass is 424 g/mol. The van der Waals surface area contributed by atoms with Gasteiger partial charge >= 0.3 is 5.97 Å². The first kappa shape index (κ1) is 21.1. The molecular weight excluding hydrogens is 404 g/mol. The number of benzene rings is 2. The predicted molar refractivity (Wildman–Crippen MR) is 115 cm³/mol. The van der Waals surface area contributed by atoms with Gasteiger partial charge in [0.05, 0.1) is 19.2 Å².